The van der Waals surface area contributed by atoms with Gasteiger partial charge in [-0.05, 0) is 17.0 Å². The highest BCUT2D eigenvalue weighted by Crippen LogP contribution is 2.30. The number of hydrogen-bond acceptors (Lipinski definition) is 4. The first-order valence-corrected chi connectivity index (χ1v) is 8.64. The second-order valence-corrected chi connectivity index (χ2v) is 6.73. The van der Waals surface area contributed by atoms with Crippen molar-refractivity contribution in [3.05, 3.63) is 74.6 Å². The summed E-state index contributed by atoms with van der Waals surface area (Å²) in [4.78, 5) is 27.7. The minimum atomic E-state index is -0.341. The van der Waals surface area contributed by atoms with Gasteiger partial charge in [-0.25, -0.2) is 9.89 Å². The van der Waals surface area contributed by atoms with E-state index in [0.717, 1.165) is 10.4 Å². The molecule has 0 fully saturated rings. The van der Waals surface area contributed by atoms with Crippen molar-refractivity contribution in [2.24, 2.45) is 0 Å². The van der Waals surface area contributed by atoms with E-state index in [1.54, 1.807) is 15.9 Å². The zero-order valence-corrected chi connectivity index (χ0v) is 13.7. The molecule has 0 saturated carbocycles. The third-order valence-corrected chi connectivity index (χ3v) is 5.13. The first-order valence-electron chi connectivity index (χ1n) is 7.76. The van der Waals surface area contributed by atoms with E-state index in [2.05, 4.69) is 10.2 Å². The van der Waals surface area contributed by atoms with Gasteiger partial charge >= 0.3 is 5.69 Å². The molecule has 24 heavy (non-hydrogen) atoms. The van der Waals surface area contributed by atoms with Crippen LogP contribution in [0, 0.1) is 0 Å². The lowest BCUT2D eigenvalue weighted by molar-refractivity contribution is -0.133. The summed E-state index contributed by atoms with van der Waals surface area (Å²) in [6, 6.07) is 13.3. The van der Waals surface area contributed by atoms with Gasteiger partial charge in [-0.3, -0.25) is 9.36 Å². The van der Waals surface area contributed by atoms with Gasteiger partial charge in [0.15, 0.2) is 5.82 Å². The molecule has 1 atom stereocenters. The molecule has 1 N–H and O–H groups in total. The third-order valence-electron chi connectivity index (χ3n) is 4.25. The molecule has 2 aromatic heterocycles. The van der Waals surface area contributed by atoms with Gasteiger partial charge in [0.2, 0.25) is 5.91 Å². The SMILES string of the molecule is O=C(Cc1cccs1)N1CCn2c(n[nH]c2=O)C1c1ccccc1. The zero-order valence-electron chi connectivity index (χ0n) is 12.9. The number of carbonyl (C=O) groups is 1. The lowest BCUT2D eigenvalue weighted by Crippen LogP contribution is -2.45. The fourth-order valence-electron chi connectivity index (χ4n) is 3.13. The molecular weight excluding hydrogens is 324 g/mol. The number of aromatic amines is 1. The molecule has 0 radical (unpaired) electrons. The lowest BCUT2D eigenvalue weighted by atomic mass is 10.0. The maximum atomic E-state index is 12.9. The number of benzene rings is 1. The van der Waals surface area contributed by atoms with E-state index < -0.39 is 0 Å². The summed E-state index contributed by atoms with van der Waals surface area (Å²) >= 11 is 1.58. The molecule has 6 nitrogen and oxygen atoms in total. The number of fused-ring (bicyclic) bond motifs is 1. The maximum absolute atomic E-state index is 12.9. The molecule has 1 unspecified atom stereocenters. The number of nitrogens with one attached hydrogen (secondary N) is 1. The van der Waals surface area contributed by atoms with E-state index in [-0.39, 0.29) is 17.6 Å². The quantitative estimate of drug-likeness (QED) is 0.790. The van der Waals surface area contributed by atoms with Crippen LogP contribution in [-0.2, 0) is 17.8 Å². The third kappa shape index (κ3) is 2.56. The molecule has 7 heteroatoms. The molecule has 1 amide bonds. The Morgan fingerprint density at radius 1 is 1.21 bits per heavy atom. The molecule has 1 aliphatic heterocycles. The van der Waals surface area contributed by atoms with Gasteiger partial charge in [-0.15, -0.1) is 11.3 Å². The van der Waals surface area contributed by atoms with Gasteiger partial charge < -0.3 is 4.90 Å². The molecule has 122 valence electrons. The van der Waals surface area contributed by atoms with Gasteiger partial charge in [0, 0.05) is 18.0 Å². The van der Waals surface area contributed by atoms with Crippen molar-refractivity contribution in [2.75, 3.05) is 6.54 Å². The smallest absolute Gasteiger partial charge is 0.326 e. The molecule has 3 aromatic rings. The highest BCUT2D eigenvalue weighted by molar-refractivity contribution is 7.10. The number of carbonyl (C=O) groups excluding carboxylic acids is 1. The highest BCUT2D eigenvalue weighted by Gasteiger charge is 2.34. The van der Waals surface area contributed by atoms with Crippen molar-refractivity contribution in [2.45, 2.75) is 19.0 Å². The van der Waals surface area contributed by atoms with E-state index in [1.807, 2.05) is 52.7 Å². The molecule has 0 saturated heterocycles. The summed E-state index contributed by atoms with van der Waals surface area (Å²) in [5.74, 6) is 0.644. The van der Waals surface area contributed by atoms with Crippen LogP contribution in [0.5, 0.6) is 0 Å². The Kier molecular flexibility index (Phi) is 3.78. The van der Waals surface area contributed by atoms with Gasteiger partial charge in [-0.1, -0.05) is 36.4 Å². The number of thiophene rings is 1. The Hall–Kier alpha value is -2.67. The zero-order chi connectivity index (χ0) is 16.5. The molecule has 0 bridgehead atoms. The van der Waals surface area contributed by atoms with Crippen LogP contribution in [0.3, 0.4) is 0 Å². The number of nitrogens with zero attached hydrogens (tertiary/aromatic N) is 3. The largest absolute Gasteiger partial charge is 0.343 e. The molecule has 4 rings (SSSR count). The van der Waals surface area contributed by atoms with Crippen molar-refractivity contribution >= 4 is 17.2 Å². The van der Waals surface area contributed by atoms with Crippen LogP contribution in [0.4, 0.5) is 0 Å². The number of hydrogen-bond donors (Lipinski definition) is 1. The second kappa shape index (κ2) is 6.09. The second-order valence-electron chi connectivity index (χ2n) is 5.70. The Labute approximate surface area is 142 Å². The normalized spacial score (nSPS) is 16.8. The molecule has 0 aliphatic carbocycles. The van der Waals surface area contributed by atoms with Crippen molar-refractivity contribution in [3.8, 4) is 0 Å². The summed E-state index contributed by atoms with van der Waals surface area (Å²) in [5, 5.41) is 8.65. The monoisotopic (exact) mass is 340 g/mol. The summed E-state index contributed by atoms with van der Waals surface area (Å²) in [6.07, 6.45) is 0.371. The average molecular weight is 340 g/mol. The van der Waals surface area contributed by atoms with Crippen LogP contribution in [0.2, 0.25) is 0 Å². The van der Waals surface area contributed by atoms with Crippen molar-refractivity contribution < 1.29 is 4.79 Å². The lowest BCUT2D eigenvalue weighted by Gasteiger charge is -2.35. The Morgan fingerprint density at radius 2 is 2.04 bits per heavy atom. The minimum Gasteiger partial charge on any atom is -0.326 e. The standard InChI is InChI=1S/C17H16N4O2S/c22-14(11-13-7-4-10-24-13)20-8-9-21-16(18-19-17(21)23)15(20)12-5-2-1-3-6-12/h1-7,10,15H,8-9,11H2,(H,19,23). The molecule has 1 aliphatic rings. The molecule has 0 spiro atoms. The summed E-state index contributed by atoms with van der Waals surface area (Å²) in [6.45, 7) is 0.959. The molecule has 3 heterocycles. The number of amides is 1. The Bertz CT molecular complexity index is 898. The molecule has 1 aromatic carbocycles. The van der Waals surface area contributed by atoms with Crippen LogP contribution >= 0.6 is 11.3 Å². The van der Waals surface area contributed by atoms with Crippen molar-refractivity contribution in [1.29, 1.82) is 0 Å². The van der Waals surface area contributed by atoms with Crippen LogP contribution in [0.1, 0.15) is 22.3 Å². The number of H-pyrrole nitrogens is 1. The van der Waals surface area contributed by atoms with E-state index >= 15 is 0 Å². The minimum absolute atomic E-state index is 0.0491. The van der Waals surface area contributed by atoms with Gasteiger partial charge in [0.05, 0.1) is 6.42 Å². The Balaban J connectivity index is 1.73. The highest BCUT2D eigenvalue weighted by atomic mass is 32.1. The first kappa shape index (κ1) is 14.9. The number of rotatable bonds is 3. The van der Waals surface area contributed by atoms with Crippen LogP contribution in [0.15, 0.2) is 52.6 Å². The number of aromatic nitrogens is 3. The van der Waals surface area contributed by atoms with E-state index in [0.29, 0.717) is 25.3 Å². The van der Waals surface area contributed by atoms with E-state index in [1.165, 1.54) is 0 Å². The maximum Gasteiger partial charge on any atom is 0.343 e. The predicted octanol–water partition coefficient (Wildman–Crippen LogP) is 1.81. The van der Waals surface area contributed by atoms with Crippen molar-refractivity contribution in [1.82, 2.24) is 19.7 Å². The summed E-state index contributed by atoms with van der Waals surface area (Å²) in [5.41, 5.74) is 0.730. The predicted molar refractivity (Wildman–Crippen MR) is 90.9 cm³/mol. The fourth-order valence-corrected chi connectivity index (χ4v) is 3.82. The topological polar surface area (TPSA) is 71.0 Å². The van der Waals surface area contributed by atoms with E-state index in [4.69, 9.17) is 0 Å². The van der Waals surface area contributed by atoms with Crippen LogP contribution in [0.25, 0.3) is 0 Å². The van der Waals surface area contributed by atoms with Gasteiger partial charge in [0.1, 0.15) is 6.04 Å². The fraction of sp³-hybridized carbons (Fsp3) is 0.235. The average Bonchev–Trinajstić information content (AvgIpc) is 3.25. The van der Waals surface area contributed by atoms with Crippen molar-refractivity contribution in [3.63, 3.8) is 0 Å². The molecular formula is C17H16N4O2S. The van der Waals surface area contributed by atoms with Gasteiger partial charge in [0.25, 0.3) is 0 Å². The summed E-state index contributed by atoms with van der Waals surface area (Å²) in [7, 11) is 0. The van der Waals surface area contributed by atoms with Crippen LogP contribution in [-0.4, -0.2) is 32.1 Å². The first-order chi connectivity index (χ1) is 11.7. The van der Waals surface area contributed by atoms with Crippen LogP contribution < -0.4 is 5.69 Å². The van der Waals surface area contributed by atoms with Gasteiger partial charge in [-0.2, -0.15) is 5.10 Å². The Morgan fingerprint density at radius 3 is 2.79 bits per heavy atom. The summed E-state index contributed by atoms with van der Waals surface area (Å²) < 4.78 is 1.62. The van der Waals surface area contributed by atoms with E-state index in [9.17, 15) is 9.59 Å².